The number of rotatable bonds is 4. The normalized spacial score (nSPS) is 11.6. The van der Waals surface area contributed by atoms with Crippen LogP contribution < -0.4 is 0 Å². The van der Waals surface area contributed by atoms with Gasteiger partial charge in [-0.25, -0.2) is 4.39 Å². The minimum Gasteiger partial charge on any atom is -0.481 e. The number of carbonyl (C=O) groups is 1. The number of aryl methyl sites for hydroxylation is 1. The fourth-order valence-corrected chi connectivity index (χ4v) is 2.24. The van der Waals surface area contributed by atoms with Crippen LogP contribution in [0.2, 0.25) is 0 Å². The van der Waals surface area contributed by atoms with Gasteiger partial charge in [0.15, 0.2) is 0 Å². The summed E-state index contributed by atoms with van der Waals surface area (Å²) in [4.78, 5) is 12.0. The minimum absolute atomic E-state index is 0.196. The van der Waals surface area contributed by atoms with E-state index >= 15 is 0 Å². The number of hydrogen-bond acceptors (Lipinski definition) is 2. The maximum atomic E-state index is 13.8. The van der Waals surface area contributed by atoms with E-state index in [2.05, 4.69) is 0 Å². The highest BCUT2D eigenvalue weighted by Crippen LogP contribution is 2.28. The van der Waals surface area contributed by atoms with Crippen molar-refractivity contribution >= 4 is 17.7 Å². The Kier molecular flexibility index (Phi) is 4.20. The van der Waals surface area contributed by atoms with Crippen molar-refractivity contribution < 1.29 is 14.3 Å². The average molecular weight is 256 g/mol. The molecule has 0 aliphatic carbocycles. The molecule has 0 aliphatic heterocycles. The summed E-state index contributed by atoms with van der Waals surface area (Å²) in [5, 5.41) is 9.05. The number of carboxylic acids is 1. The first-order valence-corrected chi connectivity index (χ1v) is 6.57. The first-order valence-electron chi connectivity index (χ1n) is 5.34. The Hall–Kier alpha value is -1.03. The Balaban J connectivity index is 3.11. The molecule has 0 heterocycles. The van der Waals surface area contributed by atoms with Gasteiger partial charge in [0, 0.05) is 4.90 Å². The summed E-state index contributed by atoms with van der Waals surface area (Å²) in [6.07, 6.45) is 2.12. The van der Waals surface area contributed by atoms with Crippen molar-refractivity contribution in [3.05, 3.63) is 29.1 Å². The van der Waals surface area contributed by atoms with E-state index in [1.165, 1.54) is 17.8 Å². The molecule has 0 amide bonds. The van der Waals surface area contributed by atoms with Crippen molar-refractivity contribution in [3.63, 3.8) is 0 Å². The van der Waals surface area contributed by atoms with Crippen LogP contribution in [-0.2, 0) is 11.2 Å². The third-order valence-corrected chi connectivity index (χ3v) is 3.65. The van der Waals surface area contributed by atoms with Gasteiger partial charge in [-0.1, -0.05) is 0 Å². The molecule has 1 rings (SSSR count). The second kappa shape index (κ2) is 5.08. The minimum atomic E-state index is -0.953. The van der Waals surface area contributed by atoms with E-state index in [9.17, 15) is 9.18 Å². The number of aliphatic carboxylic acids is 1. The third-order valence-electron chi connectivity index (χ3n) is 2.78. The van der Waals surface area contributed by atoms with Crippen molar-refractivity contribution in [2.45, 2.75) is 32.1 Å². The molecule has 0 aromatic heterocycles. The zero-order valence-electron chi connectivity index (χ0n) is 10.5. The molecular formula is C13H17FO2S. The topological polar surface area (TPSA) is 37.3 Å². The van der Waals surface area contributed by atoms with E-state index in [-0.39, 0.29) is 12.2 Å². The Morgan fingerprint density at radius 3 is 2.53 bits per heavy atom. The lowest BCUT2D eigenvalue weighted by molar-refractivity contribution is -0.146. The van der Waals surface area contributed by atoms with E-state index in [0.717, 1.165) is 10.5 Å². The van der Waals surface area contributed by atoms with Crippen LogP contribution in [0.25, 0.3) is 0 Å². The molecule has 94 valence electrons. The smallest absolute Gasteiger partial charge is 0.309 e. The monoisotopic (exact) mass is 256 g/mol. The van der Waals surface area contributed by atoms with Gasteiger partial charge in [-0.05, 0) is 56.7 Å². The average Bonchev–Trinajstić information content (AvgIpc) is 2.21. The summed E-state index contributed by atoms with van der Waals surface area (Å²) in [6, 6.07) is 3.22. The molecular weight excluding hydrogens is 239 g/mol. The number of halogens is 1. The molecule has 0 saturated heterocycles. The van der Waals surface area contributed by atoms with Gasteiger partial charge >= 0.3 is 5.97 Å². The Bertz CT molecular complexity index is 441. The molecule has 0 aliphatic rings. The van der Waals surface area contributed by atoms with E-state index < -0.39 is 11.4 Å². The molecule has 0 fully saturated rings. The molecule has 1 N–H and O–H groups in total. The maximum absolute atomic E-state index is 13.8. The van der Waals surface area contributed by atoms with Crippen LogP contribution in [0.3, 0.4) is 0 Å². The van der Waals surface area contributed by atoms with Crippen molar-refractivity contribution in [2.75, 3.05) is 6.26 Å². The van der Waals surface area contributed by atoms with Crippen LogP contribution >= 0.6 is 11.8 Å². The molecule has 0 atom stereocenters. The van der Waals surface area contributed by atoms with Crippen LogP contribution in [0, 0.1) is 18.2 Å². The van der Waals surface area contributed by atoms with Crippen molar-refractivity contribution in [1.29, 1.82) is 0 Å². The molecule has 0 bridgehead atoms. The lowest BCUT2D eigenvalue weighted by atomic mass is 9.85. The summed E-state index contributed by atoms with van der Waals surface area (Å²) >= 11 is 1.54. The quantitative estimate of drug-likeness (QED) is 0.838. The van der Waals surface area contributed by atoms with Gasteiger partial charge in [0.2, 0.25) is 0 Å². The molecule has 1 aromatic carbocycles. The van der Waals surface area contributed by atoms with E-state index in [1.807, 2.05) is 13.2 Å². The van der Waals surface area contributed by atoms with Gasteiger partial charge in [-0.3, -0.25) is 4.79 Å². The summed E-state index contributed by atoms with van der Waals surface area (Å²) in [5.74, 6) is -1.24. The van der Waals surface area contributed by atoms with E-state index in [4.69, 9.17) is 5.11 Å². The number of thioether (sulfide) groups is 1. The second-order valence-electron chi connectivity index (χ2n) is 4.78. The van der Waals surface area contributed by atoms with Crippen molar-refractivity contribution in [2.24, 2.45) is 5.41 Å². The van der Waals surface area contributed by atoms with Gasteiger partial charge in [0.1, 0.15) is 5.82 Å². The van der Waals surface area contributed by atoms with Crippen molar-refractivity contribution in [1.82, 2.24) is 0 Å². The summed E-state index contributed by atoms with van der Waals surface area (Å²) in [6.45, 7) is 5.06. The number of benzene rings is 1. The Labute approximate surface area is 105 Å². The maximum Gasteiger partial charge on any atom is 0.309 e. The molecule has 0 radical (unpaired) electrons. The van der Waals surface area contributed by atoms with Crippen LogP contribution in [0.5, 0.6) is 0 Å². The van der Waals surface area contributed by atoms with E-state index in [0.29, 0.717) is 5.56 Å². The predicted molar refractivity (Wildman–Crippen MR) is 68.0 cm³/mol. The van der Waals surface area contributed by atoms with Gasteiger partial charge in [-0.2, -0.15) is 0 Å². The van der Waals surface area contributed by atoms with Gasteiger partial charge in [-0.15, -0.1) is 11.8 Å². The fourth-order valence-electron chi connectivity index (χ4n) is 1.60. The fraction of sp³-hybridized carbons (Fsp3) is 0.462. The highest BCUT2D eigenvalue weighted by Gasteiger charge is 2.28. The summed E-state index contributed by atoms with van der Waals surface area (Å²) in [7, 11) is 0. The molecule has 0 saturated carbocycles. The Morgan fingerprint density at radius 1 is 1.47 bits per heavy atom. The zero-order valence-corrected chi connectivity index (χ0v) is 11.3. The predicted octanol–water partition coefficient (Wildman–Crippen LogP) is 3.51. The Morgan fingerprint density at radius 2 is 2.06 bits per heavy atom. The van der Waals surface area contributed by atoms with Gasteiger partial charge in [0.05, 0.1) is 5.41 Å². The largest absolute Gasteiger partial charge is 0.481 e. The standard InChI is InChI=1S/C13H17FO2S/c1-8-5-10(14)9(6-11(8)17-4)7-13(2,3)12(15)16/h5-6H,7H2,1-4H3,(H,15,16). The molecule has 17 heavy (non-hydrogen) atoms. The lowest BCUT2D eigenvalue weighted by Crippen LogP contribution is -2.26. The van der Waals surface area contributed by atoms with Crippen LogP contribution in [0.4, 0.5) is 4.39 Å². The second-order valence-corrected chi connectivity index (χ2v) is 5.63. The first kappa shape index (κ1) is 14.0. The SMILES string of the molecule is CSc1cc(CC(C)(C)C(=O)O)c(F)cc1C. The highest BCUT2D eigenvalue weighted by atomic mass is 32.2. The highest BCUT2D eigenvalue weighted by molar-refractivity contribution is 7.98. The first-order chi connectivity index (χ1) is 7.77. The molecule has 2 nitrogen and oxygen atoms in total. The van der Waals surface area contributed by atoms with Crippen LogP contribution in [-0.4, -0.2) is 17.3 Å². The third kappa shape index (κ3) is 3.22. The molecule has 1 aromatic rings. The summed E-state index contributed by atoms with van der Waals surface area (Å²) in [5.41, 5.74) is 0.394. The number of hydrogen-bond donors (Lipinski definition) is 1. The number of carboxylic acid groups (broad SMARTS) is 1. The lowest BCUT2D eigenvalue weighted by Gasteiger charge is -2.20. The van der Waals surface area contributed by atoms with Gasteiger partial charge in [0.25, 0.3) is 0 Å². The molecule has 4 heteroatoms. The molecule has 0 spiro atoms. The van der Waals surface area contributed by atoms with Gasteiger partial charge < -0.3 is 5.11 Å². The van der Waals surface area contributed by atoms with Crippen LogP contribution in [0.15, 0.2) is 17.0 Å². The van der Waals surface area contributed by atoms with Crippen LogP contribution in [0.1, 0.15) is 25.0 Å². The summed E-state index contributed by atoms with van der Waals surface area (Å²) < 4.78 is 13.8. The van der Waals surface area contributed by atoms with E-state index in [1.54, 1.807) is 19.9 Å². The zero-order chi connectivity index (χ0) is 13.2. The van der Waals surface area contributed by atoms with Crippen molar-refractivity contribution in [3.8, 4) is 0 Å². The molecule has 0 unspecified atom stereocenters.